The van der Waals surface area contributed by atoms with E-state index in [0.717, 1.165) is 29.5 Å². The van der Waals surface area contributed by atoms with Crippen molar-refractivity contribution in [3.05, 3.63) is 0 Å². The lowest BCUT2D eigenvalue weighted by Gasteiger charge is -2.35. The summed E-state index contributed by atoms with van der Waals surface area (Å²) in [6.07, 6.45) is -21.8. The normalized spacial score (nSPS) is 19.3. The maximum atomic E-state index is 13.4. The number of rotatable bonds is 5. The highest BCUT2D eigenvalue weighted by molar-refractivity contribution is 14.1. The third-order valence-electron chi connectivity index (χ3n) is 1.98. The first-order valence-electron chi connectivity index (χ1n) is 4.79. The molecule has 0 heterocycles. The van der Waals surface area contributed by atoms with Crippen LogP contribution in [0.3, 0.4) is 0 Å². The van der Waals surface area contributed by atoms with Gasteiger partial charge < -0.3 is 0 Å². The second-order valence-electron chi connectivity index (χ2n) is 3.90. The molecule has 0 N–H and O–H groups in total. The van der Waals surface area contributed by atoms with Gasteiger partial charge in [-0.05, 0) is 0 Å². The molecule has 0 fully saturated rings. The van der Waals surface area contributed by atoms with Crippen LogP contribution < -0.4 is 0 Å². The van der Waals surface area contributed by atoms with E-state index in [0.29, 0.717) is 0 Å². The summed E-state index contributed by atoms with van der Waals surface area (Å²) in [6, 6.07) is 0. The van der Waals surface area contributed by atoms with E-state index in [1.807, 2.05) is 0 Å². The molecule has 0 saturated carbocycles. The minimum absolute atomic E-state index is 0.879. The van der Waals surface area contributed by atoms with Gasteiger partial charge in [-0.3, -0.25) is 4.74 Å². The summed E-state index contributed by atoms with van der Waals surface area (Å²) in [5, 5.41) is 0. The van der Waals surface area contributed by atoms with Gasteiger partial charge in [0, 0.05) is 10.3 Å². The fourth-order valence-corrected chi connectivity index (χ4v) is 1.58. The van der Waals surface area contributed by atoms with Crippen molar-refractivity contribution in [3.8, 4) is 0 Å². The van der Waals surface area contributed by atoms with Crippen molar-refractivity contribution in [2.24, 2.45) is 0 Å². The Kier molecular flexibility index (Phi) is 5.83. The number of ether oxygens (including phenoxy) is 1. The standard InChI is InChI=1S/C8H6F11IO/c1-3(20)2-4(9,6(12,13)14)21-8(18,19)5(10,11)7(15,16)17/h3H,2H2,1H3/t3-,4+/m0/s1. The fourth-order valence-electron chi connectivity index (χ4n) is 1.01. The monoisotopic (exact) mass is 454 g/mol. The summed E-state index contributed by atoms with van der Waals surface area (Å²) in [5.41, 5.74) is 0. The Morgan fingerprint density at radius 2 is 1.19 bits per heavy atom. The molecule has 0 aromatic carbocycles. The van der Waals surface area contributed by atoms with E-state index in [1.165, 1.54) is 0 Å². The molecular formula is C8H6F11IO. The summed E-state index contributed by atoms with van der Waals surface area (Å²) >= 11 is 1.12. The van der Waals surface area contributed by atoms with Gasteiger partial charge in [0.1, 0.15) is 0 Å². The highest BCUT2D eigenvalue weighted by atomic mass is 127. The van der Waals surface area contributed by atoms with Gasteiger partial charge in [-0.1, -0.05) is 29.5 Å². The lowest BCUT2D eigenvalue weighted by atomic mass is 10.1. The zero-order valence-electron chi connectivity index (χ0n) is 9.73. The second-order valence-corrected chi connectivity index (χ2v) is 6.03. The average molecular weight is 454 g/mol. The Morgan fingerprint density at radius 1 is 0.810 bits per heavy atom. The molecule has 0 aliphatic heterocycles. The molecule has 0 aliphatic rings. The van der Waals surface area contributed by atoms with Crippen LogP contribution in [0.5, 0.6) is 0 Å². The van der Waals surface area contributed by atoms with Crippen LogP contribution in [0.2, 0.25) is 0 Å². The Hall–Kier alpha value is -0.0800. The molecule has 0 unspecified atom stereocenters. The average Bonchev–Trinajstić information content (AvgIpc) is 2.10. The quantitative estimate of drug-likeness (QED) is 0.314. The molecule has 128 valence electrons. The van der Waals surface area contributed by atoms with E-state index < -0.39 is 40.6 Å². The van der Waals surface area contributed by atoms with Crippen molar-refractivity contribution in [3.63, 3.8) is 0 Å². The number of halogens is 12. The maximum Gasteiger partial charge on any atom is 0.462 e. The molecule has 0 radical (unpaired) electrons. The fraction of sp³-hybridized carbons (Fsp3) is 1.00. The SMILES string of the molecule is C[C@H](I)C[C@@](F)(OC(F)(F)C(F)(F)C(F)(F)F)C(F)(F)F. The van der Waals surface area contributed by atoms with E-state index in [2.05, 4.69) is 4.74 Å². The molecule has 0 spiro atoms. The van der Waals surface area contributed by atoms with E-state index >= 15 is 0 Å². The number of alkyl halides is 12. The van der Waals surface area contributed by atoms with Crippen molar-refractivity contribution in [1.82, 2.24) is 0 Å². The van der Waals surface area contributed by atoms with Gasteiger partial charge in [-0.15, -0.1) is 0 Å². The molecule has 0 amide bonds. The molecule has 0 bridgehead atoms. The number of hydrogen-bond donors (Lipinski definition) is 0. The van der Waals surface area contributed by atoms with Crippen LogP contribution in [0.4, 0.5) is 48.3 Å². The highest BCUT2D eigenvalue weighted by Crippen LogP contribution is 2.52. The van der Waals surface area contributed by atoms with Crippen molar-refractivity contribution in [1.29, 1.82) is 0 Å². The Bertz CT molecular complexity index is 360. The van der Waals surface area contributed by atoms with Gasteiger partial charge >= 0.3 is 30.2 Å². The Morgan fingerprint density at radius 3 is 1.43 bits per heavy atom. The minimum atomic E-state index is -7.00. The zero-order chi connectivity index (χ0) is 17.5. The first-order valence-corrected chi connectivity index (χ1v) is 6.04. The van der Waals surface area contributed by atoms with Gasteiger partial charge in [0.2, 0.25) is 0 Å². The highest BCUT2D eigenvalue weighted by Gasteiger charge is 2.78. The molecule has 0 aromatic heterocycles. The lowest BCUT2D eigenvalue weighted by Crippen LogP contribution is -2.59. The van der Waals surface area contributed by atoms with E-state index in [1.54, 1.807) is 0 Å². The van der Waals surface area contributed by atoms with Gasteiger partial charge in [-0.2, -0.15) is 43.9 Å². The summed E-state index contributed by atoms with van der Waals surface area (Å²) < 4.78 is 137. The van der Waals surface area contributed by atoms with E-state index in [4.69, 9.17) is 0 Å². The van der Waals surface area contributed by atoms with Crippen LogP contribution in [-0.2, 0) is 4.74 Å². The summed E-state index contributed by atoms with van der Waals surface area (Å²) in [5.74, 6) is -12.4. The van der Waals surface area contributed by atoms with Gasteiger partial charge in [0.05, 0.1) is 0 Å². The number of hydrogen-bond acceptors (Lipinski definition) is 1. The molecule has 0 saturated heterocycles. The largest absolute Gasteiger partial charge is 0.462 e. The van der Waals surface area contributed by atoms with Crippen molar-refractivity contribution >= 4 is 22.6 Å². The Labute approximate surface area is 123 Å². The van der Waals surface area contributed by atoms with Crippen LogP contribution in [0.15, 0.2) is 0 Å². The van der Waals surface area contributed by atoms with Gasteiger partial charge in [0.25, 0.3) is 0 Å². The summed E-state index contributed by atoms with van der Waals surface area (Å²) in [6.45, 7) is 0.879. The molecule has 21 heavy (non-hydrogen) atoms. The predicted octanol–water partition coefficient (Wildman–Crippen LogP) is 5.24. The molecule has 0 rings (SSSR count). The van der Waals surface area contributed by atoms with Crippen LogP contribution in [-0.4, -0.2) is 34.2 Å². The van der Waals surface area contributed by atoms with Crippen LogP contribution >= 0.6 is 22.6 Å². The molecule has 0 aromatic rings. The zero-order valence-corrected chi connectivity index (χ0v) is 11.9. The summed E-state index contributed by atoms with van der Waals surface area (Å²) in [4.78, 5) is 0. The summed E-state index contributed by atoms with van der Waals surface area (Å²) in [7, 11) is 0. The molecule has 13 heteroatoms. The van der Waals surface area contributed by atoms with Gasteiger partial charge in [0.15, 0.2) is 0 Å². The Balaban J connectivity index is 5.64. The predicted molar refractivity (Wildman–Crippen MR) is 55.0 cm³/mol. The van der Waals surface area contributed by atoms with E-state index in [-0.39, 0.29) is 0 Å². The third kappa shape index (κ3) is 4.45. The first-order chi connectivity index (χ1) is 8.87. The smallest absolute Gasteiger partial charge is 0.269 e. The molecule has 1 nitrogen and oxygen atoms in total. The lowest BCUT2D eigenvalue weighted by molar-refractivity contribution is -0.483. The third-order valence-corrected chi connectivity index (χ3v) is 2.42. The molecule has 2 atom stereocenters. The van der Waals surface area contributed by atoms with Crippen molar-refractivity contribution in [2.45, 2.75) is 47.5 Å². The van der Waals surface area contributed by atoms with Crippen molar-refractivity contribution < 1.29 is 53.0 Å². The minimum Gasteiger partial charge on any atom is -0.269 e. The first kappa shape index (κ1) is 20.9. The molecule has 0 aliphatic carbocycles. The van der Waals surface area contributed by atoms with E-state index in [9.17, 15) is 48.3 Å². The topological polar surface area (TPSA) is 9.23 Å². The van der Waals surface area contributed by atoms with Crippen molar-refractivity contribution in [2.75, 3.05) is 0 Å². The molecular weight excluding hydrogens is 448 g/mol. The van der Waals surface area contributed by atoms with Gasteiger partial charge in [-0.25, -0.2) is 4.39 Å². The van der Waals surface area contributed by atoms with Crippen LogP contribution in [0, 0.1) is 0 Å². The maximum absolute atomic E-state index is 13.4. The van der Waals surface area contributed by atoms with Crippen LogP contribution in [0.1, 0.15) is 13.3 Å². The second kappa shape index (κ2) is 5.85. The van der Waals surface area contributed by atoms with Crippen LogP contribution in [0.25, 0.3) is 0 Å².